The van der Waals surface area contributed by atoms with Crippen molar-refractivity contribution in [2.75, 3.05) is 6.54 Å². The molecule has 0 spiro atoms. The zero-order valence-electron chi connectivity index (χ0n) is 21.0. The first kappa shape index (κ1) is 24.2. The first-order valence-corrected chi connectivity index (χ1v) is 16.0. The van der Waals surface area contributed by atoms with Crippen LogP contribution >= 0.6 is 16.1 Å². The van der Waals surface area contributed by atoms with E-state index in [1.807, 2.05) is 0 Å². The highest BCUT2D eigenvalue weighted by molar-refractivity contribution is 7.75. The number of rotatable bonds is 7. The molecule has 3 heteroatoms. The summed E-state index contributed by atoms with van der Waals surface area (Å²) in [5.41, 5.74) is 6.80. The van der Waals surface area contributed by atoms with E-state index >= 15 is 0 Å². The van der Waals surface area contributed by atoms with E-state index in [9.17, 15) is 0 Å². The second-order valence-corrected chi connectivity index (χ2v) is 15.4. The van der Waals surface area contributed by atoms with Crippen molar-refractivity contribution >= 4 is 21.4 Å². The van der Waals surface area contributed by atoms with Crippen LogP contribution in [-0.2, 0) is 6.42 Å². The summed E-state index contributed by atoms with van der Waals surface area (Å²) in [6.07, 6.45) is 6.42. The molecule has 5 rings (SSSR count). The maximum absolute atomic E-state index is 3.12. The standard InChI is InChI=1S/C31H39NP2/c1-4-5-22-32(33-25(3)24(2)23-28-18-12-13-19-29(28)33)34-30(26-14-8-6-9-15-26)20-21-31(34)27-16-10-7-11-17-27/h6-19,24-25,30-31H,4-5,20-23H2,1-3H3/t24?,25-,30-,31?,33?,34?/m0/s1. The normalized spacial score (nSPS) is 28.7. The lowest BCUT2D eigenvalue weighted by Crippen LogP contribution is -2.36. The molecule has 0 radical (unpaired) electrons. The average Bonchev–Trinajstić information content (AvgIpc) is 3.32. The summed E-state index contributed by atoms with van der Waals surface area (Å²) in [6, 6.07) is 32.4. The Kier molecular flexibility index (Phi) is 7.85. The van der Waals surface area contributed by atoms with Crippen LogP contribution in [-0.4, -0.2) is 16.6 Å². The second-order valence-electron chi connectivity index (χ2n) is 10.2. The molecule has 2 heterocycles. The smallest absolute Gasteiger partial charge is 0.0183 e. The Morgan fingerprint density at radius 2 is 1.32 bits per heavy atom. The predicted octanol–water partition coefficient (Wildman–Crippen LogP) is 9.06. The van der Waals surface area contributed by atoms with E-state index in [1.165, 1.54) is 38.6 Å². The zero-order valence-corrected chi connectivity index (χ0v) is 22.8. The molecule has 1 fully saturated rings. The molecular formula is C31H39NP2. The Hall–Kier alpha value is -1.52. The van der Waals surface area contributed by atoms with E-state index in [4.69, 9.17) is 0 Å². The summed E-state index contributed by atoms with van der Waals surface area (Å²) in [4.78, 5) is 0. The molecule has 6 atom stereocenters. The number of nitrogens with zero attached hydrogens (tertiary/aromatic N) is 1. The van der Waals surface area contributed by atoms with Gasteiger partial charge in [-0.1, -0.05) is 112 Å². The largest absolute Gasteiger partial charge is 0.255 e. The summed E-state index contributed by atoms with van der Waals surface area (Å²) in [5, 5.41) is 1.67. The van der Waals surface area contributed by atoms with Crippen LogP contribution in [0.25, 0.3) is 0 Å². The van der Waals surface area contributed by atoms with Crippen molar-refractivity contribution in [3.8, 4) is 0 Å². The highest BCUT2D eigenvalue weighted by Crippen LogP contribution is 2.77. The van der Waals surface area contributed by atoms with Crippen LogP contribution < -0.4 is 5.30 Å². The van der Waals surface area contributed by atoms with E-state index in [2.05, 4.69) is 110 Å². The summed E-state index contributed by atoms with van der Waals surface area (Å²) < 4.78 is 3.12. The van der Waals surface area contributed by atoms with Gasteiger partial charge in [0.1, 0.15) is 0 Å². The van der Waals surface area contributed by atoms with Gasteiger partial charge >= 0.3 is 0 Å². The monoisotopic (exact) mass is 487 g/mol. The average molecular weight is 488 g/mol. The van der Waals surface area contributed by atoms with Crippen molar-refractivity contribution in [2.24, 2.45) is 5.92 Å². The van der Waals surface area contributed by atoms with Gasteiger partial charge in [-0.05, 0) is 67.3 Å². The van der Waals surface area contributed by atoms with Gasteiger partial charge in [0.2, 0.25) is 0 Å². The van der Waals surface area contributed by atoms with E-state index in [-0.39, 0.29) is 16.1 Å². The van der Waals surface area contributed by atoms with Crippen LogP contribution in [0, 0.1) is 5.92 Å². The van der Waals surface area contributed by atoms with Crippen molar-refractivity contribution < 1.29 is 0 Å². The molecule has 0 saturated carbocycles. The van der Waals surface area contributed by atoms with E-state index in [0.717, 1.165) is 11.6 Å². The third-order valence-corrected chi connectivity index (χ3v) is 15.2. The van der Waals surface area contributed by atoms with Gasteiger partial charge in [-0.15, -0.1) is 0 Å². The van der Waals surface area contributed by atoms with Gasteiger partial charge in [0, 0.05) is 25.9 Å². The van der Waals surface area contributed by atoms with Crippen LogP contribution in [0.1, 0.15) is 74.5 Å². The molecule has 1 saturated heterocycles. The van der Waals surface area contributed by atoms with Crippen LogP contribution in [0.2, 0.25) is 0 Å². The lowest BCUT2D eigenvalue weighted by molar-refractivity contribution is 0.539. The molecule has 1 nitrogen and oxygen atoms in total. The van der Waals surface area contributed by atoms with E-state index < -0.39 is 0 Å². The fourth-order valence-corrected chi connectivity index (χ4v) is 14.4. The molecule has 178 valence electrons. The summed E-state index contributed by atoms with van der Waals surface area (Å²) in [5.74, 6) is 0.744. The van der Waals surface area contributed by atoms with Gasteiger partial charge < -0.3 is 0 Å². The fraction of sp³-hybridized carbons (Fsp3) is 0.419. The topological polar surface area (TPSA) is 3.24 Å². The van der Waals surface area contributed by atoms with E-state index in [1.54, 1.807) is 22.0 Å². The maximum Gasteiger partial charge on any atom is 0.0183 e. The number of fused-ring (bicyclic) bond motifs is 1. The van der Waals surface area contributed by atoms with Gasteiger partial charge in [0.25, 0.3) is 0 Å². The molecule has 3 aromatic rings. The number of benzene rings is 3. The minimum absolute atomic E-state index is 0.330. The third kappa shape index (κ3) is 4.78. The summed E-state index contributed by atoms with van der Waals surface area (Å²) in [7, 11) is -0.676. The number of unbranched alkanes of at least 4 members (excludes halogenated alkanes) is 1. The highest BCUT2D eigenvalue weighted by atomic mass is 31.2. The molecule has 0 amide bonds. The molecular weight excluding hydrogens is 448 g/mol. The lowest BCUT2D eigenvalue weighted by atomic mass is 9.98. The van der Waals surface area contributed by atoms with Gasteiger partial charge in [-0.2, -0.15) is 0 Å². The van der Waals surface area contributed by atoms with Gasteiger partial charge in [-0.3, -0.25) is 4.44 Å². The minimum Gasteiger partial charge on any atom is -0.255 e. The number of hydrogen-bond donors (Lipinski definition) is 0. The number of hydrogen-bond acceptors (Lipinski definition) is 1. The second kappa shape index (κ2) is 11.0. The Morgan fingerprint density at radius 3 is 1.91 bits per heavy atom. The fourth-order valence-electron chi connectivity index (χ4n) is 5.96. The van der Waals surface area contributed by atoms with Gasteiger partial charge in [-0.25, -0.2) is 0 Å². The molecule has 0 aliphatic carbocycles. The van der Waals surface area contributed by atoms with Crippen molar-refractivity contribution in [3.63, 3.8) is 0 Å². The van der Waals surface area contributed by atoms with Crippen molar-refractivity contribution in [1.82, 2.24) is 4.44 Å². The Bertz CT molecular complexity index is 1010. The Balaban J connectivity index is 1.63. The molecule has 0 bridgehead atoms. The SMILES string of the molecule is CCCCN(P1c2ccccc2CC(C)[C@@H]1C)P1C(c2ccccc2)CC[C@H]1c1ccccc1. The van der Waals surface area contributed by atoms with Crippen LogP contribution in [0.3, 0.4) is 0 Å². The molecule has 0 aromatic heterocycles. The predicted molar refractivity (Wildman–Crippen MR) is 151 cm³/mol. The lowest BCUT2D eigenvalue weighted by Gasteiger charge is -2.48. The molecule has 0 N–H and O–H groups in total. The van der Waals surface area contributed by atoms with Gasteiger partial charge in [0.15, 0.2) is 0 Å². The first-order valence-electron chi connectivity index (χ1n) is 13.2. The van der Waals surface area contributed by atoms with Crippen LogP contribution in [0.4, 0.5) is 0 Å². The van der Waals surface area contributed by atoms with Gasteiger partial charge in [0.05, 0.1) is 0 Å². The maximum atomic E-state index is 3.12. The first-order chi connectivity index (χ1) is 16.7. The van der Waals surface area contributed by atoms with Crippen molar-refractivity contribution in [1.29, 1.82) is 0 Å². The van der Waals surface area contributed by atoms with E-state index in [0.29, 0.717) is 11.3 Å². The summed E-state index contributed by atoms with van der Waals surface area (Å²) in [6.45, 7) is 8.66. The molecule has 2 aliphatic rings. The molecule has 2 aliphatic heterocycles. The van der Waals surface area contributed by atoms with Crippen molar-refractivity contribution in [2.45, 2.75) is 69.9 Å². The Morgan fingerprint density at radius 1 is 0.765 bits per heavy atom. The highest BCUT2D eigenvalue weighted by Gasteiger charge is 2.46. The third-order valence-electron chi connectivity index (χ3n) is 7.94. The molecule has 4 unspecified atom stereocenters. The zero-order chi connectivity index (χ0) is 23.5. The quantitative estimate of drug-likeness (QED) is 0.301. The van der Waals surface area contributed by atoms with Crippen LogP contribution in [0.5, 0.6) is 0 Å². The van der Waals surface area contributed by atoms with Crippen molar-refractivity contribution in [3.05, 3.63) is 102 Å². The molecule has 3 aromatic carbocycles. The van der Waals surface area contributed by atoms with Crippen LogP contribution in [0.15, 0.2) is 84.9 Å². The molecule has 34 heavy (non-hydrogen) atoms. The summed E-state index contributed by atoms with van der Waals surface area (Å²) >= 11 is 0. The Labute approximate surface area is 209 Å². The minimum atomic E-state index is -0.346.